The Kier molecular flexibility index (Phi) is 6.00. The van der Waals surface area contributed by atoms with Gasteiger partial charge in [-0.15, -0.1) is 0 Å². The molecule has 0 spiro atoms. The Labute approximate surface area is 183 Å². The summed E-state index contributed by atoms with van der Waals surface area (Å²) in [7, 11) is 0. The van der Waals surface area contributed by atoms with Crippen LogP contribution in [0, 0.1) is 35.7 Å². The van der Waals surface area contributed by atoms with Crippen LogP contribution in [0.15, 0.2) is 42.5 Å². The van der Waals surface area contributed by atoms with E-state index in [4.69, 9.17) is 23.2 Å². The molecule has 0 bridgehead atoms. The molecular formula is C22H17Cl2IN2. The molecule has 0 amide bonds. The molecule has 5 heteroatoms. The lowest BCUT2D eigenvalue weighted by molar-refractivity contribution is 0.961. The lowest BCUT2D eigenvalue weighted by atomic mass is 10.0. The van der Waals surface area contributed by atoms with Crippen molar-refractivity contribution in [2.24, 2.45) is 0 Å². The fraction of sp³-hybridized carbons (Fsp3) is 0.136. The molecule has 0 radical (unpaired) electrons. The van der Waals surface area contributed by atoms with Gasteiger partial charge in [-0.25, -0.2) is 0 Å². The summed E-state index contributed by atoms with van der Waals surface area (Å²) in [4.78, 5) is 0. The molecule has 0 N–H and O–H groups in total. The Morgan fingerprint density at radius 3 is 2.44 bits per heavy atom. The normalized spacial score (nSPS) is 11.5. The molecule has 0 aliphatic heterocycles. The summed E-state index contributed by atoms with van der Waals surface area (Å²) in [6.07, 6.45) is 1.88. The molecule has 136 valence electrons. The molecule has 2 aromatic carbocycles. The first-order valence-electron chi connectivity index (χ1n) is 8.34. The van der Waals surface area contributed by atoms with Crippen LogP contribution in [0.4, 0.5) is 0 Å². The van der Waals surface area contributed by atoms with Crippen LogP contribution < -0.4 is 0 Å². The van der Waals surface area contributed by atoms with Gasteiger partial charge in [0.25, 0.3) is 0 Å². The van der Waals surface area contributed by atoms with Crippen molar-refractivity contribution >= 4 is 57.4 Å². The third kappa shape index (κ3) is 4.08. The molecule has 1 aromatic heterocycles. The van der Waals surface area contributed by atoms with Gasteiger partial charge in [0.2, 0.25) is 0 Å². The number of benzene rings is 2. The van der Waals surface area contributed by atoms with Crippen molar-refractivity contribution in [2.75, 3.05) is 0 Å². The SMILES string of the molecule is Cc1cc(-n2c(C)cc(/C=C(/C#N)c3ccc(Cl)cc3Cl)c2C)ccc1I. The number of hydrogen-bond donors (Lipinski definition) is 0. The minimum absolute atomic E-state index is 0.470. The smallest absolute Gasteiger partial charge is 0.0998 e. The van der Waals surface area contributed by atoms with Crippen LogP contribution in [0.25, 0.3) is 17.3 Å². The number of allylic oxidation sites excluding steroid dienone is 1. The summed E-state index contributed by atoms with van der Waals surface area (Å²) >= 11 is 14.6. The van der Waals surface area contributed by atoms with Crippen LogP contribution in [0.1, 0.15) is 28.1 Å². The van der Waals surface area contributed by atoms with Crippen LogP contribution >= 0.6 is 45.8 Å². The van der Waals surface area contributed by atoms with E-state index in [1.165, 1.54) is 9.13 Å². The van der Waals surface area contributed by atoms with Gasteiger partial charge in [0.05, 0.1) is 16.7 Å². The average molecular weight is 507 g/mol. The first-order valence-corrected chi connectivity index (χ1v) is 10.2. The Morgan fingerprint density at radius 1 is 1.07 bits per heavy atom. The highest BCUT2D eigenvalue weighted by molar-refractivity contribution is 14.1. The van der Waals surface area contributed by atoms with E-state index in [2.05, 4.69) is 78.3 Å². The van der Waals surface area contributed by atoms with E-state index in [0.717, 1.165) is 22.6 Å². The van der Waals surface area contributed by atoms with E-state index in [-0.39, 0.29) is 0 Å². The minimum atomic E-state index is 0.470. The zero-order chi connectivity index (χ0) is 19.7. The maximum absolute atomic E-state index is 9.67. The maximum atomic E-state index is 9.67. The second-order valence-electron chi connectivity index (χ2n) is 6.39. The third-order valence-electron chi connectivity index (χ3n) is 4.51. The number of nitrogens with zero attached hydrogens (tertiary/aromatic N) is 2. The van der Waals surface area contributed by atoms with Crippen molar-refractivity contribution in [3.63, 3.8) is 0 Å². The zero-order valence-corrected chi connectivity index (χ0v) is 18.8. The van der Waals surface area contributed by atoms with Gasteiger partial charge >= 0.3 is 0 Å². The van der Waals surface area contributed by atoms with Crippen molar-refractivity contribution in [1.82, 2.24) is 4.57 Å². The third-order valence-corrected chi connectivity index (χ3v) is 6.27. The lowest BCUT2D eigenvalue weighted by Gasteiger charge is -2.11. The lowest BCUT2D eigenvalue weighted by Crippen LogP contribution is -2.00. The van der Waals surface area contributed by atoms with Crippen molar-refractivity contribution in [3.05, 3.63) is 84.2 Å². The number of rotatable bonds is 3. The zero-order valence-electron chi connectivity index (χ0n) is 15.1. The molecule has 0 unspecified atom stereocenters. The Bertz CT molecular complexity index is 1100. The highest BCUT2D eigenvalue weighted by Gasteiger charge is 2.13. The molecule has 3 aromatic rings. The largest absolute Gasteiger partial charge is 0.318 e. The predicted molar refractivity (Wildman–Crippen MR) is 123 cm³/mol. The molecule has 0 saturated heterocycles. The fourth-order valence-corrected chi connectivity index (χ4v) is 3.98. The number of nitriles is 1. The van der Waals surface area contributed by atoms with Gasteiger partial charge in [-0.2, -0.15) is 5.26 Å². The number of aryl methyl sites for hydroxylation is 2. The molecule has 27 heavy (non-hydrogen) atoms. The minimum Gasteiger partial charge on any atom is -0.318 e. The highest BCUT2D eigenvalue weighted by atomic mass is 127. The van der Waals surface area contributed by atoms with Gasteiger partial charge in [-0.05, 0) is 97.0 Å². The van der Waals surface area contributed by atoms with Crippen molar-refractivity contribution in [1.29, 1.82) is 5.26 Å². The molecule has 0 aliphatic rings. The Balaban J connectivity index is 2.11. The summed E-state index contributed by atoms with van der Waals surface area (Å²) in [6, 6.07) is 15.9. The fourth-order valence-electron chi connectivity index (χ4n) is 3.13. The summed E-state index contributed by atoms with van der Waals surface area (Å²) in [5, 5.41) is 10.7. The van der Waals surface area contributed by atoms with Crippen LogP contribution in [0.3, 0.4) is 0 Å². The molecule has 3 rings (SSSR count). The molecule has 1 heterocycles. The first-order chi connectivity index (χ1) is 12.8. The highest BCUT2D eigenvalue weighted by Crippen LogP contribution is 2.30. The standard InChI is InChI=1S/C22H17Cl2IN2/c1-13-8-19(5-7-22(13)25)27-14(2)9-16(15(27)3)10-17(12-26)20-6-4-18(23)11-21(20)24/h4-11H,1-3H3/b17-10-. The van der Waals surface area contributed by atoms with E-state index < -0.39 is 0 Å². The monoisotopic (exact) mass is 506 g/mol. The molecule has 2 nitrogen and oxygen atoms in total. The molecular weight excluding hydrogens is 490 g/mol. The Hall–Kier alpha value is -1.74. The molecule has 0 aliphatic carbocycles. The average Bonchev–Trinajstić information content (AvgIpc) is 2.89. The van der Waals surface area contributed by atoms with E-state index >= 15 is 0 Å². The first kappa shape index (κ1) is 20.0. The molecule has 0 atom stereocenters. The van der Waals surface area contributed by atoms with Gasteiger partial charge in [-0.1, -0.05) is 29.3 Å². The number of aromatic nitrogens is 1. The summed E-state index contributed by atoms with van der Waals surface area (Å²) in [5.74, 6) is 0. The maximum Gasteiger partial charge on any atom is 0.0998 e. The van der Waals surface area contributed by atoms with E-state index in [1.807, 2.05) is 6.08 Å². The van der Waals surface area contributed by atoms with Gasteiger partial charge < -0.3 is 4.57 Å². The molecule has 0 saturated carbocycles. The predicted octanol–water partition coefficient (Wildman–Crippen LogP) is 7.38. The van der Waals surface area contributed by atoms with Crippen LogP contribution in [-0.4, -0.2) is 4.57 Å². The van der Waals surface area contributed by atoms with E-state index in [1.54, 1.807) is 18.2 Å². The molecule has 0 fully saturated rings. The quantitative estimate of drug-likeness (QED) is 0.269. The van der Waals surface area contributed by atoms with Gasteiger partial charge in [-0.3, -0.25) is 0 Å². The van der Waals surface area contributed by atoms with Gasteiger partial charge in [0, 0.05) is 31.2 Å². The van der Waals surface area contributed by atoms with E-state index in [0.29, 0.717) is 21.2 Å². The summed E-state index contributed by atoms with van der Waals surface area (Å²) in [5.41, 5.74) is 6.72. The van der Waals surface area contributed by atoms with Crippen LogP contribution in [0.2, 0.25) is 10.0 Å². The summed E-state index contributed by atoms with van der Waals surface area (Å²) in [6.45, 7) is 6.24. The number of hydrogen-bond acceptors (Lipinski definition) is 1. The van der Waals surface area contributed by atoms with Crippen LogP contribution in [-0.2, 0) is 0 Å². The topological polar surface area (TPSA) is 28.7 Å². The van der Waals surface area contributed by atoms with Crippen molar-refractivity contribution in [2.45, 2.75) is 20.8 Å². The van der Waals surface area contributed by atoms with E-state index in [9.17, 15) is 5.26 Å². The second-order valence-corrected chi connectivity index (χ2v) is 8.40. The van der Waals surface area contributed by atoms with Crippen molar-refractivity contribution in [3.8, 4) is 11.8 Å². The second kappa shape index (κ2) is 8.10. The Morgan fingerprint density at radius 2 is 1.81 bits per heavy atom. The van der Waals surface area contributed by atoms with Crippen LogP contribution in [0.5, 0.6) is 0 Å². The van der Waals surface area contributed by atoms with Crippen molar-refractivity contribution < 1.29 is 0 Å². The van der Waals surface area contributed by atoms with Gasteiger partial charge in [0.15, 0.2) is 0 Å². The van der Waals surface area contributed by atoms with Gasteiger partial charge in [0.1, 0.15) is 0 Å². The summed E-state index contributed by atoms with van der Waals surface area (Å²) < 4.78 is 3.44. The number of halogens is 3.